The number of hydrogen-bond acceptors (Lipinski definition) is 3. The van der Waals surface area contributed by atoms with Gasteiger partial charge in [-0.25, -0.2) is 4.98 Å². The molecule has 0 saturated carbocycles. The first-order valence-corrected chi connectivity index (χ1v) is 7.20. The van der Waals surface area contributed by atoms with Gasteiger partial charge < -0.3 is 10.1 Å². The number of hydrogen-bond donors (Lipinski definition) is 1. The number of carbonyl (C=O) groups is 1. The molecular formula is C15H12BrClN2O2. The molecule has 2 rings (SSSR count). The van der Waals surface area contributed by atoms with E-state index in [-0.39, 0.29) is 5.91 Å². The molecule has 0 aliphatic heterocycles. The second-order valence-corrected chi connectivity index (χ2v) is 5.30. The molecule has 0 atom stereocenters. The van der Waals surface area contributed by atoms with Crippen molar-refractivity contribution in [2.24, 2.45) is 0 Å². The van der Waals surface area contributed by atoms with Crippen molar-refractivity contribution in [1.82, 2.24) is 4.98 Å². The molecule has 0 aliphatic rings. The highest BCUT2D eigenvalue weighted by Gasteiger charge is 2.02. The highest BCUT2D eigenvalue weighted by molar-refractivity contribution is 9.10. The van der Waals surface area contributed by atoms with Gasteiger partial charge in [0.25, 0.3) is 0 Å². The minimum absolute atomic E-state index is 0.248. The number of methoxy groups -OCH3 is 1. The van der Waals surface area contributed by atoms with E-state index in [1.807, 2.05) is 24.3 Å². The molecule has 0 fully saturated rings. The first-order valence-electron chi connectivity index (χ1n) is 6.02. The minimum atomic E-state index is -0.248. The van der Waals surface area contributed by atoms with Crippen molar-refractivity contribution >= 4 is 45.2 Å². The number of amides is 1. The van der Waals surface area contributed by atoms with E-state index < -0.39 is 0 Å². The van der Waals surface area contributed by atoms with Crippen LogP contribution in [0, 0.1) is 0 Å². The van der Waals surface area contributed by atoms with Gasteiger partial charge in [-0.3, -0.25) is 4.79 Å². The lowest BCUT2D eigenvalue weighted by Crippen LogP contribution is -2.08. The fourth-order valence-electron chi connectivity index (χ4n) is 1.56. The average molecular weight is 368 g/mol. The van der Waals surface area contributed by atoms with E-state index in [0.717, 1.165) is 11.3 Å². The lowest BCUT2D eigenvalue weighted by molar-refractivity contribution is -0.111. The molecule has 0 aliphatic carbocycles. The third-order valence-corrected chi connectivity index (χ3v) is 3.74. The third-order valence-electron chi connectivity index (χ3n) is 2.61. The molecule has 0 bridgehead atoms. The Morgan fingerprint density at radius 2 is 2.10 bits per heavy atom. The zero-order chi connectivity index (χ0) is 15.2. The van der Waals surface area contributed by atoms with Crippen LogP contribution >= 0.6 is 27.5 Å². The number of ether oxygens (including phenoxy) is 1. The summed E-state index contributed by atoms with van der Waals surface area (Å²) >= 11 is 9.04. The van der Waals surface area contributed by atoms with Gasteiger partial charge in [-0.05, 0) is 45.8 Å². The van der Waals surface area contributed by atoms with E-state index in [2.05, 4.69) is 26.2 Å². The van der Waals surface area contributed by atoms with Crippen molar-refractivity contribution in [2.75, 3.05) is 12.4 Å². The van der Waals surface area contributed by atoms with Gasteiger partial charge in [-0.2, -0.15) is 0 Å². The molecule has 6 heteroatoms. The Balaban J connectivity index is 1.99. The molecular weight excluding hydrogens is 356 g/mol. The Hall–Kier alpha value is -1.85. The van der Waals surface area contributed by atoms with Crippen molar-refractivity contribution in [3.8, 4) is 5.75 Å². The van der Waals surface area contributed by atoms with Crippen LogP contribution < -0.4 is 10.1 Å². The molecule has 1 aromatic carbocycles. The maximum atomic E-state index is 11.8. The Morgan fingerprint density at radius 3 is 2.71 bits per heavy atom. The monoisotopic (exact) mass is 366 g/mol. The molecule has 2 aromatic rings. The summed E-state index contributed by atoms with van der Waals surface area (Å²) in [6, 6.07) is 9.08. The number of carbonyl (C=O) groups excluding carboxylic acids is 1. The van der Waals surface area contributed by atoms with E-state index in [9.17, 15) is 4.79 Å². The van der Waals surface area contributed by atoms with Gasteiger partial charge in [0.15, 0.2) is 0 Å². The Morgan fingerprint density at radius 1 is 1.38 bits per heavy atom. The maximum absolute atomic E-state index is 11.8. The summed E-state index contributed by atoms with van der Waals surface area (Å²) in [5.41, 5.74) is 1.47. The van der Waals surface area contributed by atoms with Crippen molar-refractivity contribution in [2.45, 2.75) is 0 Å². The molecule has 1 amide bonds. The molecule has 0 spiro atoms. The van der Waals surface area contributed by atoms with Crippen LogP contribution in [-0.4, -0.2) is 18.0 Å². The van der Waals surface area contributed by atoms with Crippen LogP contribution in [0.2, 0.25) is 5.15 Å². The summed E-state index contributed by atoms with van der Waals surface area (Å²) in [5.74, 6) is 0.524. The normalized spacial score (nSPS) is 10.6. The number of nitrogens with one attached hydrogen (secondary N) is 1. The summed E-state index contributed by atoms with van der Waals surface area (Å²) in [5, 5.41) is 3.05. The third kappa shape index (κ3) is 4.58. The van der Waals surface area contributed by atoms with Crippen molar-refractivity contribution in [3.05, 3.63) is 57.8 Å². The first kappa shape index (κ1) is 15.5. The maximum Gasteiger partial charge on any atom is 0.248 e. The van der Waals surface area contributed by atoms with Crippen LogP contribution in [0.5, 0.6) is 5.75 Å². The van der Waals surface area contributed by atoms with Crippen molar-refractivity contribution in [3.63, 3.8) is 0 Å². The molecule has 1 heterocycles. The lowest BCUT2D eigenvalue weighted by atomic mass is 10.2. The quantitative estimate of drug-likeness (QED) is 0.652. The Kier molecular flexibility index (Phi) is 5.36. The van der Waals surface area contributed by atoms with Gasteiger partial charge in [-0.15, -0.1) is 0 Å². The molecule has 0 saturated heterocycles. The molecule has 1 N–H and O–H groups in total. The fourth-order valence-corrected chi connectivity index (χ4v) is 2.01. The van der Waals surface area contributed by atoms with Gasteiger partial charge in [-0.1, -0.05) is 23.7 Å². The summed E-state index contributed by atoms with van der Waals surface area (Å²) in [6.45, 7) is 0. The average Bonchev–Trinajstić information content (AvgIpc) is 2.49. The highest BCUT2D eigenvalue weighted by Crippen LogP contribution is 2.22. The van der Waals surface area contributed by atoms with Gasteiger partial charge in [0.2, 0.25) is 5.91 Å². The summed E-state index contributed by atoms with van der Waals surface area (Å²) in [4.78, 5) is 15.7. The zero-order valence-corrected chi connectivity index (χ0v) is 13.5. The second-order valence-electron chi connectivity index (χ2n) is 4.09. The van der Waals surface area contributed by atoms with Crippen LogP contribution in [0.1, 0.15) is 5.56 Å². The molecule has 1 aromatic heterocycles. The van der Waals surface area contributed by atoms with Gasteiger partial charge in [0.05, 0.1) is 23.5 Å². The van der Waals surface area contributed by atoms with E-state index in [1.54, 1.807) is 19.3 Å². The Bertz CT molecular complexity index is 672. The number of rotatable bonds is 4. The summed E-state index contributed by atoms with van der Waals surface area (Å²) < 4.78 is 5.70. The summed E-state index contributed by atoms with van der Waals surface area (Å²) in [6.07, 6.45) is 4.66. The molecule has 0 unspecified atom stereocenters. The summed E-state index contributed by atoms with van der Waals surface area (Å²) in [7, 11) is 1.61. The second kappa shape index (κ2) is 7.24. The lowest BCUT2D eigenvalue weighted by Gasteiger charge is -2.03. The largest absolute Gasteiger partial charge is 0.497 e. The van der Waals surface area contributed by atoms with E-state index in [1.165, 1.54) is 12.3 Å². The molecule has 108 valence electrons. The number of benzene rings is 1. The van der Waals surface area contributed by atoms with Gasteiger partial charge in [0.1, 0.15) is 10.9 Å². The van der Waals surface area contributed by atoms with E-state index >= 15 is 0 Å². The van der Waals surface area contributed by atoms with Crippen LogP contribution in [0.15, 0.2) is 47.1 Å². The van der Waals surface area contributed by atoms with Crippen LogP contribution in [0.25, 0.3) is 6.08 Å². The number of pyridine rings is 1. The molecule has 0 radical (unpaired) electrons. The highest BCUT2D eigenvalue weighted by atomic mass is 79.9. The topological polar surface area (TPSA) is 51.2 Å². The predicted octanol–water partition coefficient (Wildman–Crippen LogP) is 4.16. The Labute approximate surface area is 135 Å². The smallest absolute Gasteiger partial charge is 0.248 e. The van der Waals surface area contributed by atoms with Crippen molar-refractivity contribution in [1.29, 1.82) is 0 Å². The zero-order valence-electron chi connectivity index (χ0n) is 11.1. The van der Waals surface area contributed by atoms with E-state index in [4.69, 9.17) is 16.3 Å². The van der Waals surface area contributed by atoms with Gasteiger partial charge >= 0.3 is 0 Å². The van der Waals surface area contributed by atoms with Crippen molar-refractivity contribution < 1.29 is 9.53 Å². The fraction of sp³-hybridized carbons (Fsp3) is 0.0667. The predicted molar refractivity (Wildman–Crippen MR) is 87.6 cm³/mol. The number of aromatic nitrogens is 1. The van der Waals surface area contributed by atoms with E-state index in [0.29, 0.717) is 15.3 Å². The van der Waals surface area contributed by atoms with Crippen LogP contribution in [-0.2, 0) is 4.79 Å². The van der Waals surface area contributed by atoms with Gasteiger partial charge in [0, 0.05) is 6.08 Å². The molecule has 4 nitrogen and oxygen atoms in total. The number of halogens is 2. The standard InChI is InChI=1S/C15H12BrClN2O2/c1-21-12-5-2-10(3-6-12)4-7-14(20)19-11-8-13(16)15(17)18-9-11/h2-9H,1H3,(H,19,20)/b7-4+. The van der Waals surface area contributed by atoms with Crippen LogP contribution in [0.3, 0.4) is 0 Å². The SMILES string of the molecule is COc1ccc(/C=C/C(=O)Nc2cnc(Cl)c(Br)c2)cc1. The molecule has 21 heavy (non-hydrogen) atoms. The van der Waals surface area contributed by atoms with Crippen LogP contribution in [0.4, 0.5) is 5.69 Å². The first-order chi connectivity index (χ1) is 10.1. The minimum Gasteiger partial charge on any atom is -0.497 e. The number of nitrogens with zero attached hydrogens (tertiary/aromatic N) is 1. The number of anilines is 1.